The van der Waals surface area contributed by atoms with Crippen LogP contribution in [0.2, 0.25) is 5.02 Å². The van der Waals surface area contributed by atoms with Gasteiger partial charge in [-0.1, -0.05) is 37.6 Å². The number of halogens is 1. The molecule has 3 rings (SSSR count). The monoisotopic (exact) mass is 333 g/mol. The summed E-state index contributed by atoms with van der Waals surface area (Å²) in [7, 11) is 0. The highest BCUT2D eigenvalue weighted by atomic mass is 35.5. The second-order valence-corrected chi connectivity index (χ2v) is 5.42. The van der Waals surface area contributed by atoms with Crippen molar-refractivity contribution in [1.29, 1.82) is 0 Å². The van der Waals surface area contributed by atoms with Crippen molar-refractivity contribution < 1.29 is 4.79 Å². The van der Waals surface area contributed by atoms with Gasteiger partial charge in [0.2, 0.25) is 5.95 Å². The van der Waals surface area contributed by atoms with Gasteiger partial charge < -0.3 is 5.32 Å². The lowest BCUT2D eigenvalue weighted by Gasteiger charge is -2.18. The van der Waals surface area contributed by atoms with Crippen molar-refractivity contribution in [2.75, 3.05) is 5.32 Å². The number of carbonyl (C=O) groups is 1. The first-order valence-electron chi connectivity index (χ1n) is 7.50. The first-order chi connectivity index (χ1) is 11.1. The van der Waals surface area contributed by atoms with Gasteiger partial charge in [0.15, 0.2) is 0 Å². The molecular weight excluding hydrogens is 314 g/mol. The fourth-order valence-electron chi connectivity index (χ4n) is 2.19. The first kappa shape index (κ1) is 17.2. The van der Waals surface area contributed by atoms with Crippen LogP contribution in [0.5, 0.6) is 0 Å². The summed E-state index contributed by atoms with van der Waals surface area (Å²) in [6, 6.07) is 7.74. The molecule has 0 atom stereocenters. The lowest BCUT2D eigenvalue weighted by Crippen LogP contribution is -2.30. The van der Waals surface area contributed by atoms with Crippen molar-refractivity contribution in [3.63, 3.8) is 0 Å². The maximum atomic E-state index is 11.3. The fraction of sp³-hybridized carbons (Fsp3) is 0.312. The number of benzene rings is 1. The molecule has 2 aromatic rings. The Balaban J connectivity index is 0.000000924. The number of hydrazine groups is 1. The van der Waals surface area contributed by atoms with Crippen LogP contribution in [0.4, 0.5) is 5.95 Å². The van der Waals surface area contributed by atoms with Crippen molar-refractivity contribution in [1.82, 2.24) is 15.4 Å². The number of amides is 1. The van der Waals surface area contributed by atoms with E-state index < -0.39 is 5.91 Å². The largest absolute Gasteiger partial charge is 0.345 e. The standard InChI is InChI=1S/C14H14ClN5O.C2H6/c15-11-3-1-10(2-4-11)14(5-6-14)19-13-17-7-9(8-18-13)12(21)20-16;1-2/h1-4,7-8H,5-6,16H2,(H,20,21)(H,17,18,19);1-2H3. The Morgan fingerprint density at radius 2 is 1.74 bits per heavy atom. The molecule has 0 aliphatic heterocycles. The van der Waals surface area contributed by atoms with E-state index in [0.717, 1.165) is 18.4 Å². The number of hydrogen-bond donors (Lipinski definition) is 3. The van der Waals surface area contributed by atoms with Crippen molar-refractivity contribution in [2.45, 2.75) is 32.2 Å². The zero-order valence-corrected chi connectivity index (χ0v) is 13.9. The molecule has 6 nitrogen and oxygen atoms in total. The maximum absolute atomic E-state index is 11.3. The van der Waals surface area contributed by atoms with Crippen LogP contribution in [0, 0.1) is 0 Å². The molecule has 0 saturated heterocycles. The molecule has 0 radical (unpaired) electrons. The summed E-state index contributed by atoms with van der Waals surface area (Å²) < 4.78 is 0. The first-order valence-corrected chi connectivity index (χ1v) is 7.88. The summed E-state index contributed by atoms with van der Waals surface area (Å²) >= 11 is 5.91. The highest BCUT2D eigenvalue weighted by Gasteiger charge is 2.44. The van der Waals surface area contributed by atoms with Crippen molar-refractivity contribution in [3.8, 4) is 0 Å². The summed E-state index contributed by atoms with van der Waals surface area (Å²) in [6.45, 7) is 4.00. The second-order valence-electron chi connectivity index (χ2n) is 4.98. The van der Waals surface area contributed by atoms with Gasteiger partial charge in [-0.15, -0.1) is 0 Å². The highest BCUT2D eigenvalue weighted by molar-refractivity contribution is 6.30. The maximum Gasteiger partial charge on any atom is 0.268 e. The van der Waals surface area contributed by atoms with Crippen LogP contribution in [-0.2, 0) is 5.54 Å². The quantitative estimate of drug-likeness (QED) is 0.454. The van der Waals surface area contributed by atoms with Gasteiger partial charge in [-0.25, -0.2) is 15.8 Å². The van der Waals surface area contributed by atoms with E-state index in [9.17, 15) is 4.79 Å². The van der Waals surface area contributed by atoms with Crippen LogP contribution in [0.1, 0.15) is 42.6 Å². The minimum absolute atomic E-state index is 0.137. The van der Waals surface area contributed by atoms with E-state index in [1.54, 1.807) is 0 Å². The molecule has 1 aliphatic carbocycles. The van der Waals surface area contributed by atoms with E-state index in [1.807, 2.05) is 43.5 Å². The summed E-state index contributed by atoms with van der Waals surface area (Å²) in [6.07, 6.45) is 4.89. The molecule has 23 heavy (non-hydrogen) atoms. The lowest BCUT2D eigenvalue weighted by molar-refractivity contribution is 0.0953. The lowest BCUT2D eigenvalue weighted by atomic mass is 10.1. The molecule has 0 bridgehead atoms. The average Bonchev–Trinajstić information content (AvgIpc) is 3.38. The SMILES string of the molecule is CC.NNC(=O)c1cnc(NC2(c3ccc(Cl)cc3)CC2)nc1. The smallest absolute Gasteiger partial charge is 0.268 e. The number of anilines is 1. The van der Waals surface area contributed by atoms with Gasteiger partial charge in [0.25, 0.3) is 5.91 Å². The number of nitrogens with zero attached hydrogens (tertiary/aromatic N) is 2. The van der Waals surface area contributed by atoms with E-state index >= 15 is 0 Å². The zero-order valence-electron chi connectivity index (χ0n) is 13.1. The molecular formula is C16H20ClN5O. The summed E-state index contributed by atoms with van der Waals surface area (Å²) in [5, 5.41) is 4.03. The van der Waals surface area contributed by atoms with Gasteiger partial charge in [0.05, 0.1) is 11.1 Å². The number of rotatable bonds is 4. The molecule has 1 aliphatic rings. The van der Waals surface area contributed by atoms with Crippen LogP contribution in [0.3, 0.4) is 0 Å². The van der Waals surface area contributed by atoms with Gasteiger partial charge in [0.1, 0.15) is 0 Å². The third-order valence-electron chi connectivity index (χ3n) is 3.54. The number of carbonyl (C=O) groups excluding carboxylic acids is 1. The minimum Gasteiger partial charge on any atom is -0.345 e. The predicted octanol–water partition coefficient (Wildman–Crippen LogP) is 2.86. The minimum atomic E-state index is -0.416. The number of aromatic nitrogens is 2. The summed E-state index contributed by atoms with van der Waals surface area (Å²) in [4.78, 5) is 19.6. The molecule has 1 aromatic heterocycles. The van der Waals surface area contributed by atoms with Crippen molar-refractivity contribution >= 4 is 23.5 Å². The molecule has 1 amide bonds. The Hall–Kier alpha value is -2.18. The normalized spacial score (nSPS) is 14.3. The molecule has 1 saturated carbocycles. The van der Waals surface area contributed by atoms with Crippen LogP contribution in [0.15, 0.2) is 36.7 Å². The topological polar surface area (TPSA) is 92.9 Å². The van der Waals surface area contributed by atoms with Gasteiger partial charge in [-0.2, -0.15) is 0 Å². The van der Waals surface area contributed by atoms with Gasteiger partial charge in [-0.3, -0.25) is 10.2 Å². The molecule has 1 fully saturated rings. The Morgan fingerprint density at radius 3 is 2.22 bits per heavy atom. The number of nitrogens with one attached hydrogen (secondary N) is 2. The average molecular weight is 334 g/mol. The Morgan fingerprint density at radius 1 is 1.17 bits per heavy atom. The van der Waals surface area contributed by atoms with Gasteiger partial charge in [-0.05, 0) is 30.5 Å². The van der Waals surface area contributed by atoms with Crippen LogP contribution in [-0.4, -0.2) is 15.9 Å². The highest BCUT2D eigenvalue weighted by Crippen LogP contribution is 2.47. The molecule has 4 N–H and O–H groups in total. The Kier molecular flexibility index (Phi) is 5.52. The third kappa shape index (κ3) is 3.97. The van der Waals surface area contributed by atoms with Gasteiger partial charge >= 0.3 is 0 Å². The van der Waals surface area contributed by atoms with Crippen LogP contribution < -0.4 is 16.6 Å². The predicted molar refractivity (Wildman–Crippen MR) is 91.0 cm³/mol. The zero-order chi connectivity index (χ0) is 16.9. The number of nitrogens with two attached hydrogens (primary N) is 1. The molecule has 1 heterocycles. The molecule has 122 valence electrons. The van der Waals surface area contributed by atoms with Gasteiger partial charge in [0, 0.05) is 17.4 Å². The Bertz CT molecular complexity index is 653. The van der Waals surface area contributed by atoms with E-state index in [0.29, 0.717) is 16.5 Å². The van der Waals surface area contributed by atoms with Crippen molar-refractivity contribution in [2.24, 2.45) is 5.84 Å². The molecule has 1 aromatic carbocycles. The van der Waals surface area contributed by atoms with E-state index in [-0.39, 0.29) is 5.54 Å². The summed E-state index contributed by atoms with van der Waals surface area (Å²) in [5.41, 5.74) is 3.37. The van der Waals surface area contributed by atoms with Crippen LogP contribution in [0.25, 0.3) is 0 Å². The van der Waals surface area contributed by atoms with Crippen LogP contribution >= 0.6 is 11.6 Å². The van der Waals surface area contributed by atoms with E-state index in [4.69, 9.17) is 17.4 Å². The molecule has 7 heteroatoms. The van der Waals surface area contributed by atoms with E-state index in [2.05, 4.69) is 15.3 Å². The fourth-order valence-corrected chi connectivity index (χ4v) is 2.31. The third-order valence-corrected chi connectivity index (χ3v) is 3.79. The number of nitrogen functional groups attached to an aromatic ring is 1. The number of hydrogen-bond acceptors (Lipinski definition) is 5. The van der Waals surface area contributed by atoms with E-state index in [1.165, 1.54) is 12.4 Å². The summed E-state index contributed by atoms with van der Waals surface area (Å²) in [5.74, 6) is 5.13. The molecule has 0 unspecified atom stereocenters. The van der Waals surface area contributed by atoms with Crippen molar-refractivity contribution in [3.05, 3.63) is 52.8 Å². The molecule has 0 spiro atoms. The second kappa shape index (κ2) is 7.39. The Labute approximate surface area is 140 Å².